The Morgan fingerprint density at radius 3 is 2.33 bits per heavy atom. The van der Waals surface area contributed by atoms with Crippen LogP contribution in [-0.4, -0.2) is 65.6 Å². The Hall–Kier alpha value is -2.34. The molecule has 0 bridgehead atoms. The third-order valence-electron chi connectivity index (χ3n) is 5.88. The minimum atomic E-state index is -2.68. The molecule has 0 fully saturated rings. The molecule has 36 heavy (non-hydrogen) atoms. The normalized spacial score (nSPS) is 17.4. The molecule has 0 saturated heterocycles. The van der Waals surface area contributed by atoms with Crippen molar-refractivity contribution in [2.45, 2.75) is 35.6 Å². The number of esters is 1. The third-order valence-corrected chi connectivity index (χ3v) is 10.2. The van der Waals surface area contributed by atoms with E-state index in [4.69, 9.17) is 27.5 Å². The van der Waals surface area contributed by atoms with Gasteiger partial charge in [-0.15, -0.1) is 0 Å². The van der Waals surface area contributed by atoms with Crippen LogP contribution in [0.1, 0.15) is 24.8 Å². The van der Waals surface area contributed by atoms with Crippen LogP contribution in [0.25, 0.3) is 16.5 Å². The van der Waals surface area contributed by atoms with E-state index in [-0.39, 0.29) is 6.61 Å². The summed E-state index contributed by atoms with van der Waals surface area (Å²) >= 11 is 0. The van der Waals surface area contributed by atoms with Crippen LogP contribution < -0.4 is 0 Å². The van der Waals surface area contributed by atoms with Gasteiger partial charge in [-0.25, -0.2) is 4.79 Å². The quantitative estimate of drug-likeness (QED) is 0.143. The van der Waals surface area contributed by atoms with Gasteiger partial charge in [0.25, 0.3) is 0 Å². The molecule has 1 aliphatic heterocycles. The summed E-state index contributed by atoms with van der Waals surface area (Å²) in [5.41, 5.74) is 0.159. The van der Waals surface area contributed by atoms with Crippen molar-refractivity contribution >= 4 is 42.1 Å². The second kappa shape index (κ2) is 13.8. The standard InChI is InChI=1S/C26H34O8SSi/c1-5-25(27)33-13-8-9-14-34-26-19-23(32-15-10-16-36(29-2,30-3)31-4)22-17-20-11-6-7-12-21(20)18-24(22)35(26)28/h5-7,11-12,17-19,26H,1,8-10,13-16H2,2-4H3. The third kappa shape index (κ3) is 7.12. The minimum absolute atomic E-state index is 0.288. The summed E-state index contributed by atoms with van der Waals surface area (Å²) < 4.78 is 47.0. The first-order valence-corrected chi connectivity index (χ1v) is 15.0. The molecule has 0 spiro atoms. The Morgan fingerprint density at radius 1 is 1.00 bits per heavy atom. The molecule has 2 atom stereocenters. The van der Waals surface area contributed by atoms with Gasteiger partial charge in [0.05, 0.1) is 28.9 Å². The van der Waals surface area contributed by atoms with Crippen LogP contribution in [-0.2, 0) is 43.1 Å². The van der Waals surface area contributed by atoms with E-state index in [1.807, 2.05) is 36.4 Å². The summed E-state index contributed by atoms with van der Waals surface area (Å²) in [7, 11) is 0.681. The maximum Gasteiger partial charge on any atom is 0.500 e. The van der Waals surface area contributed by atoms with Gasteiger partial charge in [0.2, 0.25) is 0 Å². The SMILES string of the molecule is C=CC(=O)OCCCCOC1C=C(OCCC[Si](OC)(OC)OC)c2cc3ccccc3cc2S1=O. The Labute approximate surface area is 216 Å². The fourth-order valence-corrected chi connectivity index (χ4v) is 6.90. The van der Waals surface area contributed by atoms with Crippen molar-refractivity contribution in [2.75, 3.05) is 41.2 Å². The lowest BCUT2D eigenvalue weighted by molar-refractivity contribution is -0.137. The molecule has 3 rings (SSSR count). The second-order valence-corrected chi connectivity index (χ2v) is 12.7. The van der Waals surface area contributed by atoms with E-state index in [1.165, 1.54) is 0 Å². The van der Waals surface area contributed by atoms with Gasteiger partial charge in [-0.1, -0.05) is 30.8 Å². The van der Waals surface area contributed by atoms with E-state index in [0.717, 1.165) is 22.4 Å². The van der Waals surface area contributed by atoms with Crippen LogP contribution in [0.3, 0.4) is 0 Å². The molecule has 2 aromatic rings. The van der Waals surface area contributed by atoms with Crippen LogP contribution in [0.15, 0.2) is 60.0 Å². The predicted octanol–water partition coefficient (Wildman–Crippen LogP) is 4.44. The van der Waals surface area contributed by atoms with Crippen molar-refractivity contribution < 1.29 is 36.5 Å². The van der Waals surface area contributed by atoms with Gasteiger partial charge in [-0.05, 0) is 42.2 Å². The first kappa shape index (κ1) is 28.2. The molecule has 0 N–H and O–H groups in total. The van der Waals surface area contributed by atoms with E-state index in [1.54, 1.807) is 27.4 Å². The maximum atomic E-state index is 13.4. The number of hydrogen-bond acceptors (Lipinski definition) is 8. The molecule has 1 aliphatic rings. The van der Waals surface area contributed by atoms with E-state index < -0.39 is 31.0 Å². The van der Waals surface area contributed by atoms with Gasteiger partial charge in [0, 0.05) is 51.7 Å². The molecule has 0 aromatic heterocycles. The van der Waals surface area contributed by atoms with E-state index in [9.17, 15) is 9.00 Å². The summed E-state index contributed by atoms with van der Waals surface area (Å²) in [4.78, 5) is 11.8. The lowest BCUT2D eigenvalue weighted by Crippen LogP contribution is -2.42. The van der Waals surface area contributed by atoms with Crippen LogP contribution in [0, 0.1) is 0 Å². The first-order valence-electron chi connectivity index (χ1n) is 11.8. The highest BCUT2D eigenvalue weighted by molar-refractivity contribution is 7.85. The number of ether oxygens (including phenoxy) is 3. The number of unbranched alkanes of at least 4 members (excludes halogenated alkanes) is 1. The molecule has 2 unspecified atom stereocenters. The van der Waals surface area contributed by atoms with Crippen LogP contribution in [0.5, 0.6) is 0 Å². The van der Waals surface area contributed by atoms with Crippen molar-refractivity contribution in [1.29, 1.82) is 0 Å². The minimum Gasteiger partial charge on any atom is -0.493 e. The highest BCUT2D eigenvalue weighted by Crippen LogP contribution is 2.35. The van der Waals surface area contributed by atoms with Gasteiger partial charge in [-0.3, -0.25) is 4.21 Å². The molecular formula is C26H34O8SSi. The molecule has 1 heterocycles. The number of hydrogen-bond donors (Lipinski definition) is 0. The first-order chi connectivity index (χ1) is 17.5. The summed E-state index contributed by atoms with van der Waals surface area (Å²) in [6.07, 6.45) is 4.89. The monoisotopic (exact) mass is 534 g/mol. The fraction of sp³-hybridized carbons (Fsp3) is 0.423. The second-order valence-electron chi connectivity index (χ2n) is 8.09. The van der Waals surface area contributed by atoms with Crippen molar-refractivity contribution in [3.8, 4) is 0 Å². The molecule has 0 amide bonds. The molecule has 0 aliphatic carbocycles. The summed E-state index contributed by atoms with van der Waals surface area (Å²) in [6, 6.07) is 12.5. The van der Waals surface area contributed by atoms with Crippen LogP contribution in [0.2, 0.25) is 6.04 Å². The topological polar surface area (TPSA) is 89.5 Å². The summed E-state index contributed by atoms with van der Waals surface area (Å²) in [5, 5.41) is 2.05. The number of rotatable bonds is 15. The molecular weight excluding hydrogens is 500 g/mol. The van der Waals surface area contributed by atoms with Gasteiger partial charge in [0.1, 0.15) is 5.76 Å². The zero-order chi connectivity index (χ0) is 26.0. The molecule has 8 nitrogen and oxygen atoms in total. The van der Waals surface area contributed by atoms with Crippen molar-refractivity contribution in [1.82, 2.24) is 0 Å². The average Bonchev–Trinajstić information content (AvgIpc) is 2.92. The predicted molar refractivity (Wildman–Crippen MR) is 141 cm³/mol. The van der Waals surface area contributed by atoms with E-state index >= 15 is 0 Å². The van der Waals surface area contributed by atoms with Gasteiger partial charge in [-0.2, -0.15) is 0 Å². The largest absolute Gasteiger partial charge is 0.500 e. The van der Waals surface area contributed by atoms with Crippen molar-refractivity contribution in [3.63, 3.8) is 0 Å². The average molecular weight is 535 g/mol. The fourth-order valence-electron chi connectivity index (χ4n) is 3.88. The highest BCUT2D eigenvalue weighted by Gasteiger charge is 2.37. The lowest BCUT2D eigenvalue weighted by atomic mass is 10.1. The Morgan fingerprint density at radius 2 is 1.67 bits per heavy atom. The number of benzene rings is 2. The molecule has 2 aromatic carbocycles. The molecule has 0 radical (unpaired) electrons. The highest BCUT2D eigenvalue weighted by atomic mass is 32.2. The van der Waals surface area contributed by atoms with E-state index in [0.29, 0.717) is 49.2 Å². The smallest absolute Gasteiger partial charge is 0.493 e. The number of carbonyl (C=O) groups is 1. The van der Waals surface area contributed by atoms with Crippen LogP contribution >= 0.6 is 0 Å². The van der Waals surface area contributed by atoms with Crippen LogP contribution in [0.4, 0.5) is 0 Å². The zero-order valence-corrected chi connectivity index (χ0v) is 22.8. The summed E-state index contributed by atoms with van der Waals surface area (Å²) in [6.45, 7) is 4.45. The van der Waals surface area contributed by atoms with Gasteiger partial charge < -0.3 is 27.5 Å². The summed E-state index contributed by atoms with van der Waals surface area (Å²) in [5.74, 6) is 0.194. The zero-order valence-electron chi connectivity index (χ0n) is 21.0. The molecule has 196 valence electrons. The Balaban J connectivity index is 1.70. The molecule has 10 heteroatoms. The lowest BCUT2D eigenvalue weighted by Gasteiger charge is -2.26. The Kier molecular flexibility index (Phi) is 10.8. The van der Waals surface area contributed by atoms with E-state index in [2.05, 4.69) is 6.58 Å². The van der Waals surface area contributed by atoms with Crippen molar-refractivity contribution in [2.24, 2.45) is 0 Å². The van der Waals surface area contributed by atoms with Crippen molar-refractivity contribution in [3.05, 3.63) is 60.7 Å². The Bertz CT molecular complexity index is 1090. The number of fused-ring (bicyclic) bond motifs is 2. The van der Waals surface area contributed by atoms with Gasteiger partial charge in [0.15, 0.2) is 5.44 Å². The van der Waals surface area contributed by atoms with Gasteiger partial charge >= 0.3 is 14.8 Å². The maximum absolute atomic E-state index is 13.4. The molecule has 0 saturated carbocycles. The number of carbonyl (C=O) groups excluding carboxylic acids is 1.